The van der Waals surface area contributed by atoms with Crippen LogP contribution in [0.3, 0.4) is 0 Å². The maximum Gasteiger partial charge on any atom is 0.165 e. The van der Waals surface area contributed by atoms with E-state index in [4.69, 9.17) is 15.0 Å². The van der Waals surface area contributed by atoms with Gasteiger partial charge in [0.25, 0.3) is 0 Å². The maximum atomic E-state index is 4.88. The van der Waals surface area contributed by atoms with Crippen LogP contribution in [0, 0.1) is 0 Å². The summed E-state index contributed by atoms with van der Waals surface area (Å²) in [7, 11) is 0. The highest BCUT2D eigenvalue weighted by molar-refractivity contribution is 5.79. The first-order valence-corrected chi connectivity index (χ1v) is 16.9. The smallest absolute Gasteiger partial charge is 0.165 e. The number of pyridine rings is 2. The van der Waals surface area contributed by atoms with E-state index in [0.717, 1.165) is 45.4 Å². The van der Waals surface area contributed by atoms with Gasteiger partial charge >= 0.3 is 0 Å². The van der Waals surface area contributed by atoms with Gasteiger partial charge < -0.3 is 0 Å². The Balaban J connectivity index is 1.08. The molecule has 0 aliphatic rings. The Kier molecular flexibility index (Phi) is 8.83. The first kappa shape index (κ1) is 31.4. The second-order valence-corrected chi connectivity index (χ2v) is 12.3. The summed E-state index contributed by atoms with van der Waals surface area (Å²) in [6, 6.07) is 50.9. The number of hydrogen-bond donors (Lipinski definition) is 0. The molecule has 8 rings (SSSR count). The highest BCUT2D eigenvalue weighted by Crippen LogP contribution is 2.32. The van der Waals surface area contributed by atoms with Gasteiger partial charge in [-0.1, -0.05) is 109 Å². The van der Waals surface area contributed by atoms with Crippen molar-refractivity contribution >= 4 is 0 Å². The van der Waals surface area contributed by atoms with E-state index in [1.54, 1.807) is 24.8 Å². The van der Waals surface area contributed by atoms with Gasteiger partial charge in [-0.25, -0.2) is 15.0 Å². The normalized spacial score (nSPS) is 10.9. The Morgan fingerprint density at radius 1 is 0.373 bits per heavy atom. The van der Waals surface area contributed by atoms with Crippen LogP contribution in [0.1, 0.15) is 5.56 Å². The zero-order chi connectivity index (χ0) is 34.4. The molecule has 51 heavy (non-hydrogen) atoms. The van der Waals surface area contributed by atoms with Crippen LogP contribution in [-0.2, 0) is 6.42 Å². The fourth-order valence-electron chi connectivity index (χ4n) is 6.20. The molecule has 5 heteroatoms. The van der Waals surface area contributed by atoms with Gasteiger partial charge in [0, 0.05) is 41.5 Å². The Labute approximate surface area is 297 Å². The second kappa shape index (κ2) is 14.3. The van der Waals surface area contributed by atoms with Crippen molar-refractivity contribution in [1.29, 1.82) is 0 Å². The SMILES string of the molecule is C=CCc1ccc(-c2cccc(-c3ccc(-c4cccc(-c5cccc(-c6nc(-c7cccnc7)nc(-c7cccnc7)n6)c5)c4)cc3)c2)cc1. The van der Waals surface area contributed by atoms with Gasteiger partial charge in [0.15, 0.2) is 17.5 Å². The van der Waals surface area contributed by atoms with Crippen molar-refractivity contribution in [1.82, 2.24) is 24.9 Å². The van der Waals surface area contributed by atoms with Crippen molar-refractivity contribution in [2.75, 3.05) is 0 Å². The molecule has 0 atom stereocenters. The minimum atomic E-state index is 0.562. The van der Waals surface area contributed by atoms with Crippen molar-refractivity contribution in [2.24, 2.45) is 0 Å². The molecule has 0 saturated carbocycles. The summed E-state index contributed by atoms with van der Waals surface area (Å²) < 4.78 is 0. The fourth-order valence-corrected chi connectivity index (χ4v) is 6.20. The summed E-state index contributed by atoms with van der Waals surface area (Å²) >= 11 is 0. The van der Waals surface area contributed by atoms with Gasteiger partial charge in [-0.3, -0.25) is 9.97 Å². The molecule has 0 fully saturated rings. The van der Waals surface area contributed by atoms with Crippen LogP contribution < -0.4 is 0 Å². The van der Waals surface area contributed by atoms with E-state index in [-0.39, 0.29) is 0 Å². The summed E-state index contributed by atoms with van der Waals surface area (Å²) in [6.07, 6.45) is 9.83. The van der Waals surface area contributed by atoms with Gasteiger partial charge in [-0.05, 0) is 99.0 Å². The Hall–Kier alpha value is -6.85. The van der Waals surface area contributed by atoms with E-state index >= 15 is 0 Å². The molecular formula is C46H33N5. The zero-order valence-corrected chi connectivity index (χ0v) is 27.9. The van der Waals surface area contributed by atoms with Gasteiger partial charge in [0.05, 0.1) is 0 Å². The number of nitrogens with zero attached hydrogens (tertiary/aromatic N) is 5. The number of benzene rings is 5. The Morgan fingerprint density at radius 3 is 1.14 bits per heavy atom. The van der Waals surface area contributed by atoms with Crippen molar-refractivity contribution < 1.29 is 0 Å². The van der Waals surface area contributed by atoms with E-state index in [0.29, 0.717) is 17.5 Å². The highest BCUT2D eigenvalue weighted by Gasteiger charge is 2.14. The molecule has 0 spiro atoms. The van der Waals surface area contributed by atoms with Crippen LogP contribution in [0.25, 0.3) is 78.7 Å². The molecule has 5 nitrogen and oxygen atoms in total. The van der Waals surface area contributed by atoms with E-state index in [1.807, 2.05) is 42.5 Å². The lowest BCUT2D eigenvalue weighted by Gasteiger charge is -2.11. The number of aromatic nitrogens is 5. The highest BCUT2D eigenvalue weighted by atomic mass is 15.0. The topological polar surface area (TPSA) is 64.5 Å². The van der Waals surface area contributed by atoms with Crippen LogP contribution in [0.4, 0.5) is 0 Å². The molecule has 0 amide bonds. The standard InChI is InChI=1S/C46H33N5/c1-2-8-32-17-19-33(20-18-32)36-9-3-10-37(27-36)34-21-23-35(24-22-34)38-11-4-12-39(28-38)40-13-5-14-41(29-40)44-49-45(42-15-6-25-47-30-42)51-46(50-44)43-16-7-26-48-31-43/h2-7,9-31H,1,8H2. The van der Waals surface area contributed by atoms with Crippen molar-refractivity contribution in [3.8, 4) is 78.7 Å². The molecule has 0 unspecified atom stereocenters. The lowest BCUT2D eigenvalue weighted by Crippen LogP contribution is -2.00. The van der Waals surface area contributed by atoms with Gasteiger partial charge in [-0.2, -0.15) is 0 Å². The average molecular weight is 656 g/mol. The third-order valence-corrected chi connectivity index (χ3v) is 8.87. The summed E-state index contributed by atoms with van der Waals surface area (Å²) in [4.78, 5) is 23.1. The predicted molar refractivity (Wildman–Crippen MR) is 207 cm³/mol. The van der Waals surface area contributed by atoms with Crippen LogP contribution in [0.2, 0.25) is 0 Å². The molecule has 3 aromatic heterocycles. The van der Waals surface area contributed by atoms with Crippen LogP contribution in [0.15, 0.2) is 183 Å². The summed E-state index contributed by atoms with van der Waals surface area (Å²) in [5.74, 6) is 1.71. The van der Waals surface area contributed by atoms with E-state index < -0.39 is 0 Å². The zero-order valence-electron chi connectivity index (χ0n) is 27.9. The minimum Gasteiger partial charge on any atom is -0.264 e. The summed E-state index contributed by atoms with van der Waals surface area (Å²) in [5, 5.41) is 0. The second-order valence-electron chi connectivity index (χ2n) is 12.3. The molecule has 242 valence electrons. The number of hydrogen-bond acceptors (Lipinski definition) is 5. The minimum absolute atomic E-state index is 0.562. The first-order valence-electron chi connectivity index (χ1n) is 16.9. The number of allylic oxidation sites excluding steroid dienone is 1. The number of rotatable bonds is 9. The summed E-state index contributed by atoms with van der Waals surface area (Å²) in [6.45, 7) is 3.85. The molecule has 0 bridgehead atoms. The molecule has 3 heterocycles. The molecule has 0 saturated heterocycles. The quantitative estimate of drug-likeness (QED) is 0.145. The molecule has 0 aliphatic heterocycles. The average Bonchev–Trinajstić information content (AvgIpc) is 3.22. The monoisotopic (exact) mass is 655 g/mol. The largest absolute Gasteiger partial charge is 0.264 e. The van der Waals surface area contributed by atoms with E-state index in [2.05, 4.69) is 126 Å². The lowest BCUT2D eigenvalue weighted by atomic mass is 9.95. The lowest BCUT2D eigenvalue weighted by molar-refractivity contribution is 1.07. The molecule has 0 N–H and O–H groups in total. The maximum absolute atomic E-state index is 4.88. The Bertz CT molecular complexity index is 2380. The molecule has 0 aliphatic carbocycles. The molecular weight excluding hydrogens is 623 g/mol. The van der Waals surface area contributed by atoms with Gasteiger partial charge in [0.2, 0.25) is 0 Å². The van der Waals surface area contributed by atoms with Crippen LogP contribution >= 0.6 is 0 Å². The van der Waals surface area contributed by atoms with Crippen molar-refractivity contribution in [3.63, 3.8) is 0 Å². The third kappa shape index (κ3) is 7.00. The van der Waals surface area contributed by atoms with E-state index in [1.165, 1.54) is 27.8 Å². The third-order valence-electron chi connectivity index (χ3n) is 8.87. The molecule has 0 radical (unpaired) electrons. The fraction of sp³-hybridized carbons (Fsp3) is 0.0217. The predicted octanol–water partition coefficient (Wildman–Crippen LogP) is 11.1. The Morgan fingerprint density at radius 2 is 0.725 bits per heavy atom. The molecule has 8 aromatic rings. The van der Waals surface area contributed by atoms with E-state index in [9.17, 15) is 0 Å². The first-order chi connectivity index (χ1) is 25.2. The summed E-state index contributed by atoms with van der Waals surface area (Å²) in [5.41, 5.74) is 13.1. The molecule has 5 aromatic carbocycles. The van der Waals surface area contributed by atoms with Gasteiger partial charge in [0.1, 0.15) is 0 Å². The van der Waals surface area contributed by atoms with Gasteiger partial charge in [-0.15, -0.1) is 6.58 Å². The van der Waals surface area contributed by atoms with Crippen LogP contribution in [0.5, 0.6) is 0 Å². The van der Waals surface area contributed by atoms with Crippen LogP contribution in [-0.4, -0.2) is 24.9 Å². The van der Waals surface area contributed by atoms with Crippen molar-refractivity contribution in [2.45, 2.75) is 6.42 Å². The van der Waals surface area contributed by atoms with Crippen molar-refractivity contribution in [3.05, 3.63) is 189 Å².